The van der Waals surface area contributed by atoms with E-state index < -0.39 is 11.8 Å². The Morgan fingerprint density at radius 2 is 2.17 bits per heavy atom. The van der Waals surface area contributed by atoms with Gasteiger partial charge in [-0.2, -0.15) is 5.10 Å². The summed E-state index contributed by atoms with van der Waals surface area (Å²) in [6.45, 7) is 4.08. The van der Waals surface area contributed by atoms with Crippen molar-refractivity contribution in [2.24, 2.45) is 0 Å². The van der Waals surface area contributed by atoms with Crippen molar-refractivity contribution in [3.05, 3.63) is 41.6 Å². The molecule has 1 unspecified atom stereocenters. The first-order valence-electron chi connectivity index (χ1n) is 7.69. The summed E-state index contributed by atoms with van der Waals surface area (Å²) in [6, 6.07) is 5.44. The van der Waals surface area contributed by atoms with Gasteiger partial charge in [-0.15, -0.1) is 0 Å². The fourth-order valence-electron chi connectivity index (χ4n) is 2.50. The Labute approximate surface area is 134 Å². The zero-order valence-corrected chi connectivity index (χ0v) is 13.2. The van der Waals surface area contributed by atoms with Crippen LogP contribution >= 0.6 is 0 Å². The number of nitrogens with zero attached hydrogens (tertiary/aromatic N) is 2. The Balaban J connectivity index is 1.70. The lowest BCUT2D eigenvalue weighted by molar-refractivity contribution is -0.139. The average molecular weight is 316 g/mol. The summed E-state index contributed by atoms with van der Waals surface area (Å²) in [5.74, 6) is -0.534. The van der Waals surface area contributed by atoms with Gasteiger partial charge in [0.2, 0.25) is 0 Å². The van der Waals surface area contributed by atoms with Gasteiger partial charge in [0.1, 0.15) is 11.8 Å². The largest absolute Gasteiger partial charge is 0.467 e. The summed E-state index contributed by atoms with van der Waals surface area (Å²) in [4.78, 5) is 23.6. The third-order valence-corrected chi connectivity index (χ3v) is 3.79. The molecule has 1 aliphatic carbocycles. The number of carbonyl (C=O) groups is 2. The van der Waals surface area contributed by atoms with Crippen molar-refractivity contribution in [2.75, 3.05) is 6.54 Å². The molecule has 2 aromatic heterocycles. The molecule has 0 aliphatic heterocycles. The summed E-state index contributed by atoms with van der Waals surface area (Å²) in [5, 5.41) is 9.79. The van der Waals surface area contributed by atoms with Gasteiger partial charge in [-0.25, -0.2) is 0 Å². The first-order valence-corrected chi connectivity index (χ1v) is 7.69. The van der Waals surface area contributed by atoms with Crippen molar-refractivity contribution < 1.29 is 14.0 Å². The van der Waals surface area contributed by atoms with E-state index in [4.69, 9.17) is 4.42 Å². The Hall–Kier alpha value is -2.57. The van der Waals surface area contributed by atoms with Crippen molar-refractivity contribution in [2.45, 2.75) is 38.8 Å². The normalized spacial score (nSPS) is 15.2. The van der Waals surface area contributed by atoms with Crippen LogP contribution in [0.2, 0.25) is 0 Å². The summed E-state index contributed by atoms with van der Waals surface area (Å²) >= 11 is 0. The summed E-state index contributed by atoms with van der Waals surface area (Å²) in [5.41, 5.74) is 1.84. The van der Waals surface area contributed by atoms with E-state index in [9.17, 15) is 9.59 Å². The number of hydrogen-bond donors (Lipinski definition) is 2. The van der Waals surface area contributed by atoms with Crippen LogP contribution in [0.1, 0.15) is 36.0 Å². The van der Waals surface area contributed by atoms with Gasteiger partial charge < -0.3 is 15.1 Å². The van der Waals surface area contributed by atoms with Gasteiger partial charge in [0.15, 0.2) is 0 Å². The maximum atomic E-state index is 11.9. The lowest BCUT2D eigenvalue weighted by Crippen LogP contribution is -2.43. The average Bonchev–Trinajstić information content (AvgIpc) is 3.03. The van der Waals surface area contributed by atoms with Crippen LogP contribution in [-0.4, -0.2) is 34.2 Å². The van der Waals surface area contributed by atoms with Crippen molar-refractivity contribution in [3.63, 3.8) is 0 Å². The van der Waals surface area contributed by atoms with Crippen molar-refractivity contribution in [3.8, 4) is 0 Å². The highest BCUT2D eigenvalue weighted by Gasteiger charge is 2.27. The predicted octanol–water partition coefficient (Wildman–Crippen LogP) is 1.08. The van der Waals surface area contributed by atoms with E-state index in [-0.39, 0.29) is 18.6 Å². The molecule has 1 aliphatic rings. The van der Waals surface area contributed by atoms with Gasteiger partial charge in [0.05, 0.1) is 12.0 Å². The molecule has 1 saturated carbocycles. The molecular weight excluding hydrogens is 296 g/mol. The molecule has 0 saturated heterocycles. The quantitative estimate of drug-likeness (QED) is 0.808. The van der Waals surface area contributed by atoms with Crippen LogP contribution < -0.4 is 10.6 Å². The monoisotopic (exact) mass is 316 g/mol. The first kappa shape index (κ1) is 15.3. The third-order valence-electron chi connectivity index (χ3n) is 3.79. The topological polar surface area (TPSA) is 89.2 Å². The number of aryl methyl sites for hydroxylation is 2. The highest BCUT2D eigenvalue weighted by atomic mass is 16.3. The zero-order chi connectivity index (χ0) is 16.4. The van der Waals surface area contributed by atoms with E-state index >= 15 is 0 Å². The van der Waals surface area contributed by atoms with Crippen LogP contribution in [-0.2, 0) is 9.59 Å². The molecule has 7 nitrogen and oxygen atoms in total. The van der Waals surface area contributed by atoms with Crippen LogP contribution in [0.15, 0.2) is 28.9 Å². The molecule has 2 heterocycles. The lowest BCUT2D eigenvalue weighted by atomic mass is 10.2. The Morgan fingerprint density at radius 3 is 2.74 bits per heavy atom. The fraction of sp³-hybridized carbons (Fsp3) is 0.438. The number of aromatic nitrogens is 2. The molecule has 7 heteroatoms. The third kappa shape index (κ3) is 3.61. The minimum Gasteiger partial charge on any atom is -0.467 e. The standard InChI is InChI=1S/C16H20N4O3/c1-10-8-11(2)20(19-10)13(14-4-3-7-23-14)9-17-15(21)16(22)18-12-5-6-12/h3-4,7-8,12-13H,5-6,9H2,1-2H3,(H,17,21)(H,18,22). The molecule has 2 amide bonds. The van der Waals surface area contributed by atoms with Crippen molar-refractivity contribution in [1.82, 2.24) is 20.4 Å². The molecular formula is C16H20N4O3. The lowest BCUT2D eigenvalue weighted by Gasteiger charge is -2.17. The smallest absolute Gasteiger partial charge is 0.309 e. The SMILES string of the molecule is Cc1cc(C)n(C(CNC(=O)C(=O)NC2CC2)c2ccco2)n1. The predicted molar refractivity (Wildman–Crippen MR) is 82.7 cm³/mol. The summed E-state index contributed by atoms with van der Waals surface area (Å²) < 4.78 is 7.27. The maximum absolute atomic E-state index is 11.9. The zero-order valence-electron chi connectivity index (χ0n) is 13.2. The van der Waals surface area contributed by atoms with Crippen LogP contribution in [0.5, 0.6) is 0 Å². The molecule has 0 aromatic carbocycles. The molecule has 0 radical (unpaired) electrons. The Kier molecular flexibility index (Phi) is 4.18. The molecule has 1 atom stereocenters. The molecule has 1 fully saturated rings. The summed E-state index contributed by atoms with van der Waals surface area (Å²) in [7, 11) is 0. The molecule has 0 spiro atoms. The van der Waals surface area contributed by atoms with E-state index in [2.05, 4.69) is 15.7 Å². The second-order valence-electron chi connectivity index (χ2n) is 5.86. The number of hydrogen-bond acceptors (Lipinski definition) is 4. The second-order valence-corrected chi connectivity index (χ2v) is 5.86. The number of carbonyl (C=O) groups excluding carboxylic acids is 2. The van der Waals surface area contributed by atoms with Gasteiger partial charge in [-0.1, -0.05) is 0 Å². The highest BCUT2D eigenvalue weighted by molar-refractivity contribution is 6.35. The minimum absolute atomic E-state index is 0.158. The molecule has 2 N–H and O–H groups in total. The van der Waals surface area contributed by atoms with E-state index in [1.165, 1.54) is 0 Å². The van der Waals surface area contributed by atoms with Gasteiger partial charge in [-0.3, -0.25) is 14.3 Å². The van der Waals surface area contributed by atoms with Gasteiger partial charge >= 0.3 is 11.8 Å². The van der Waals surface area contributed by atoms with Crippen LogP contribution in [0.25, 0.3) is 0 Å². The van der Waals surface area contributed by atoms with Gasteiger partial charge in [0, 0.05) is 18.3 Å². The minimum atomic E-state index is -0.630. The molecule has 0 bridgehead atoms. The molecule has 122 valence electrons. The maximum Gasteiger partial charge on any atom is 0.309 e. The van der Waals surface area contributed by atoms with E-state index in [1.807, 2.05) is 26.0 Å². The molecule has 3 rings (SSSR count). The number of furan rings is 1. The van der Waals surface area contributed by atoms with E-state index in [0.29, 0.717) is 5.76 Å². The van der Waals surface area contributed by atoms with E-state index in [1.54, 1.807) is 17.0 Å². The van der Waals surface area contributed by atoms with Gasteiger partial charge in [0.25, 0.3) is 0 Å². The summed E-state index contributed by atoms with van der Waals surface area (Å²) in [6.07, 6.45) is 3.47. The van der Waals surface area contributed by atoms with Crippen LogP contribution in [0.4, 0.5) is 0 Å². The molecule has 23 heavy (non-hydrogen) atoms. The fourth-order valence-corrected chi connectivity index (χ4v) is 2.50. The van der Waals surface area contributed by atoms with Crippen LogP contribution in [0.3, 0.4) is 0 Å². The number of rotatable bonds is 5. The number of nitrogens with one attached hydrogen (secondary N) is 2. The first-order chi connectivity index (χ1) is 11.0. The Morgan fingerprint density at radius 1 is 1.39 bits per heavy atom. The van der Waals surface area contributed by atoms with Crippen molar-refractivity contribution >= 4 is 11.8 Å². The number of amides is 2. The highest BCUT2D eigenvalue weighted by Crippen LogP contribution is 2.20. The van der Waals surface area contributed by atoms with Crippen molar-refractivity contribution in [1.29, 1.82) is 0 Å². The molecule has 2 aromatic rings. The Bertz CT molecular complexity index is 701. The van der Waals surface area contributed by atoms with Crippen LogP contribution in [0, 0.1) is 13.8 Å². The second kappa shape index (κ2) is 6.28. The van der Waals surface area contributed by atoms with Gasteiger partial charge in [-0.05, 0) is 44.9 Å². The van der Waals surface area contributed by atoms with E-state index in [0.717, 1.165) is 24.2 Å².